The third kappa shape index (κ3) is 4.40. The molecule has 2 fully saturated rings. The lowest BCUT2D eigenvalue weighted by molar-refractivity contribution is -0.00757. The van der Waals surface area contributed by atoms with Gasteiger partial charge in [-0.3, -0.25) is 0 Å². The van der Waals surface area contributed by atoms with Gasteiger partial charge in [0.25, 0.3) is 0 Å². The molecule has 2 unspecified atom stereocenters. The van der Waals surface area contributed by atoms with Gasteiger partial charge in [-0.1, -0.05) is 30.3 Å². The van der Waals surface area contributed by atoms with E-state index in [1.165, 1.54) is 0 Å². The number of carbonyl (C=O) groups excluding carboxylic acids is 1. The highest BCUT2D eigenvalue weighted by molar-refractivity contribution is 5.69. The van der Waals surface area contributed by atoms with Crippen LogP contribution in [0.15, 0.2) is 42.5 Å². The quantitative estimate of drug-likeness (QED) is 0.724. The van der Waals surface area contributed by atoms with E-state index in [1.54, 1.807) is 12.1 Å². The first kappa shape index (κ1) is 20.2. The predicted molar refractivity (Wildman–Crippen MR) is 113 cm³/mol. The van der Waals surface area contributed by atoms with Gasteiger partial charge in [0.05, 0.1) is 17.3 Å². The fourth-order valence-corrected chi connectivity index (χ4v) is 4.39. The normalized spacial score (nSPS) is 23.0. The molecule has 2 bridgehead atoms. The number of nitriles is 1. The zero-order chi connectivity index (χ0) is 21.3. The third-order valence-corrected chi connectivity index (χ3v) is 5.58. The second kappa shape index (κ2) is 7.98. The molecule has 0 N–H and O–H groups in total. The summed E-state index contributed by atoms with van der Waals surface area (Å²) in [4.78, 5) is 19.2. The van der Waals surface area contributed by atoms with E-state index >= 15 is 0 Å². The van der Waals surface area contributed by atoms with Crippen molar-refractivity contribution in [3.05, 3.63) is 48.0 Å². The number of aromatic nitrogens is 1. The lowest BCUT2D eigenvalue weighted by Gasteiger charge is -2.39. The fraction of sp³-hybridized carbons (Fsp3) is 0.458. The van der Waals surface area contributed by atoms with Gasteiger partial charge in [-0.25, -0.2) is 9.78 Å². The van der Waals surface area contributed by atoms with Crippen molar-refractivity contribution in [1.82, 2.24) is 9.88 Å². The van der Waals surface area contributed by atoms with E-state index in [1.807, 2.05) is 56.0 Å². The lowest BCUT2D eigenvalue weighted by Crippen LogP contribution is -2.50. The number of carbonyl (C=O) groups is 1. The summed E-state index contributed by atoms with van der Waals surface area (Å²) in [6.45, 7) is 5.67. The van der Waals surface area contributed by atoms with E-state index in [0.29, 0.717) is 11.4 Å². The van der Waals surface area contributed by atoms with Crippen molar-refractivity contribution in [2.45, 2.75) is 70.2 Å². The van der Waals surface area contributed by atoms with Gasteiger partial charge in [-0.15, -0.1) is 0 Å². The Bertz CT molecular complexity index is 948. The summed E-state index contributed by atoms with van der Waals surface area (Å²) in [5, 5.41) is 9.43. The Morgan fingerprint density at radius 3 is 2.40 bits per heavy atom. The van der Waals surface area contributed by atoms with Crippen LogP contribution in [-0.4, -0.2) is 39.8 Å². The minimum Gasteiger partial charge on any atom is -0.474 e. The van der Waals surface area contributed by atoms with E-state index in [2.05, 4.69) is 11.1 Å². The van der Waals surface area contributed by atoms with Gasteiger partial charge in [0.1, 0.15) is 11.7 Å². The molecule has 2 atom stereocenters. The molecule has 0 saturated carbocycles. The SMILES string of the molecule is CC(C)(C)OC(=O)N1C2CCC1CC(Oc1cc(C#N)cc(-c3ccccc3)n1)C2. The maximum absolute atomic E-state index is 12.6. The van der Waals surface area contributed by atoms with Crippen molar-refractivity contribution in [1.29, 1.82) is 5.26 Å². The van der Waals surface area contributed by atoms with Gasteiger partial charge in [0, 0.05) is 36.6 Å². The zero-order valence-corrected chi connectivity index (χ0v) is 17.7. The number of amides is 1. The highest BCUT2D eigenvalue weighted by atomic mass is 16.6. The van der Waals surface area contributed by atoms with Crippen molar-refractivity contribution < 1.29 is 14.3 Å². The van der Waals surface area contributed by atoms with Crippen LogP contribution in [-0.2, 0) is 4.74 Å². The Morgan fingerprint density at radius 1 is 1.13 bits per heavy atom. The van der Waals surface area contributed by atoms with Crippen LogP contribution in [0.4, 0.5) is 4.79 Å². The zero-order valence-electron chi connectivity index (χ0n) is 17.7. The monoisotopic (exact) mass is 405 g/mol. The molecular weight excluding hydrogens is 378 g/mol. The molecule has 30 heavy (non-hydrogen) atoms. The van der Waals surface area contributed by atoms with Crippen molar-refractivity contribution in [3.8, 4) is 23.2 Å². The molecule has 1 aromatic heterocycles. The Balaban J connectivity index is 1.49. The van der Waals surface area contributed by atoms with Crippen molar-refractivity contribution in [2.24, 2.45) is 0 Å². The first-order valence-electron chi connectivity index (χ1n) is 10.5. The summed E-state index contributed by atoms with van der Waals surface area (Å²) in [7, 11) is 0. The number of benzene rings is 1. The number of ether oxygens (including phenoxy) is 2. The molecule has 3 heterocycles. The van der Waals surface area contributed by atoms with E-state index in [4.69, 9.17) is 9.47 Å². The summed E-state index contributed by atoms with van der Waals surface area (Å²) in [6, 6.07) is 15.7. The highest BCUT2D eigenvalue weighted by Crippen LogP contribution is 2.38. The minimum atomic E-state index is -0.501. The van der Waals surface area contributed by atoms with Crippen molar-refractivity contribution >= 4 is 6.09 Å². The molecule has 0 aliphatic carbocycles. The summed E-state index contributed by atoms with van der Waals surface area (Å²) in [5.41, 5.74) is 1.69. The smallest absolute Gasteiger partial charge is 0.410 e. The topological polar surface area (TPSA) is 75.4 Å². The Hall–Kier alpha value is -3.07. The Kier molecular flexibility index (Phi) is 5.38. The molecule has 6 heteroatoms. The van der Waals surface area contributed by atoms with Crippen LogP contribution in [0.5, 0.6) is 5.88 Å². The van der Waals surface area contributed by atoms with Crippen molar-refractivity contribution in [3.63, 3.8) is 0 Å². The number of pyridine rings is 1. The molecule has 2 aromatic rings. The molecule has 1 amide bonds. The van der Waals surface area contributed by atoms with Gasteiger partial charge < -0.3 is 14.4 Å². The number of piperidine rings is 1. The van der Waals surface area contributed by atoms with Gasteiger partial charge >= 0.3 is 6.09 Å². The summed E-state index contributed by atoms with van der Waals surface area (Å²) in [5.74, 6) is 0.461. The summed E-state index contributed by atoms with van der Waals surface area (Å²) < 4.78 is 11.8. The van der Waals surface area contributed by atoms with Crippen LogP contribution in [0.3, 0.4) is 0 Å². The van der Waals surface area contributed by atoms with Crippen LogP contribution in [0.1, 0.15) is 52.0 Å². The van der Waals surface area contributed by atoms with E-state index in [-0.39, 0.29) is 24.3 Å². The molecule has 2 saturated heterocycles. The van der Waals surface area contributed by atoms with Crippen LogP contribution >= 0.6 is 0 Å². The number of nitrogens with zero attached hydrogens (tertiary/aromatic N) is 3. The third-order valence-electron chi connectivity index (χ3n) is 5.58. The van der Waals surface area contributed by atoms with E-state index in [9.17, 15) is 10.1 Å². The first-order chi connectivity index (χ1) is 14.3. The summed E-state index contributed by atoms with van der Waals surface area (Å²) >= 11 is 0. The average molecular weight is 405 g/mol. The Labute approximate surface area is 177 Å². The number of hydrogen-bond donors (Lipinski definition) is 0. The molecule has 4 rings (SSSR count). The van der Waals surface area contributed by atoms with Gasteiger partial charge in [0.15, 0.2) is 0 Å². The molecule has 0 spiro atoms. The maximum Gasteiger partial charge on any atom is 0.410 e. The number of rotatable bonds is 3. The molecular formula is C24H27N3O3. The fourth-order valence-electron chi connectivity index (χ4n) is 4.39. The molecule has 2 aliphatic heterocycles. The van der Waals surface area contributed by atoms with Crippen LogP contribution in [0.2, 0.25) is 0 Å². The second-order valence-electron chi connectivity index (χ2n) is 9.04. The molecule has 156 valence electrons. The summed E-state index contributed by atoms with van der Waals surface area (Å²) in [6.07, 6.45) is 3.15. The second-order valence-corrected chi connectivity index (χ2v) is 9.04. The van der Waals surface area contributed by atoms with Gasteiger partial charge in [-0.2, -0.15) is 5.26 Å². The number of hydrogen-bond acceptors (Lipinski definition) is 5. The molecule has 1 aromatic carbocycles. The number of fused-ring (bicyclic) bond motifs is 2. The minimum absolute atomic E-state index is 0.0359. The van der Waals surface area contributed by atoms with Crippen LogP contribution < -0.4 is 4.74 Å². The average Bonchev–Trinajstić information content (AvgIpc) is 2.98. The van der Waals surface area contributed by atoms with E-state index < -0.39 is 5.60 Å². The maximum atomic E-state index is 12.6. The van der Waals surface area contributed by atoms with Gasteiger partial charge in [-0.05, 0) is 39.7 Å². The van der Waals surface area contributed by atoms with Gasteiger partial charge in [0.2, 0.25) is 5.88 Å². The van der Waals surface area contributed by atoms with E-state index in [0.717, 1.165) is 36.9 Å². The lowest BCUT2D eigenvalue weighted by atomic mass is 10.00. The highest BCUT2D eigenvalue weighted by Gasteiger charge is 2.45. The predicted octanol–water partition coefficient (Wildman–Crippen LogP) is 4.93. The Morgan fingerprint density at radius 2 is 1.80 bits per heavy atom. The van der Waals surface area contributed by atoms with Crippen molar-refractivity contribution in [2.75, 3.05) is 0 Å². The largest absolute Gasteiger partial charge is 0.474 e. The van der Waals surface area contributed by atoms with Crippen LogP contribution in [0, 0.1) is 11.3 Å². The molecule has 0 radical (unpaired) electrons. The standard InChI is InChI=1S/C24H27N3O3/c1-24(2,3)30-23(28)27-18-9-10-19(27)14-20(13-18)29-22-12-16(15-25)11-21(26-22)17-7-5-4-6-8-17/h4-8,11-12,18-20H,9-10,13-14H2,1-3H3. The van der Waals surface area contributed by atoms with Crippen LogP contribution in [0.25, 0.3) is 11.3 Å². The molecule has 6 nitrogen and oxygen atoms in total. The molecule has 2 aliphatic rings. The first-order valence-corrected chi connectivity index (χ1v) is 10.5.